The van der Waals surface area contributed by atoms with Gasteiger partial charge in [0.15, 0.2) is 0 Å². The molecule has 3 fully saturated rings. The summed E-state index contributed by atoms with van der Waals surface area (Å²) in [6.45, 7) is 12.9. The molecule has 7 atom stereocenters. The van der Waals surface area contributed by atoms with Crippen molar-refractivity contribution in [2.75, 3.05) is 19.7 Å². The standard InChI is InChI=1S/C35H42BrN3O4S/c1-5-17-37(20-24-13-9-7-10-14-24)32(41)28-29-33(42)39(27(22-40)23(3)4)31(35(29)19-26(36)30(28)44-35)34(43)38(18-6-2)21-25-15-11-8-12-16-25/h5-16,23,26-31,40H,1-2,17-22H2,3-4H3/t26?,27-,28+,29-,30+,31?,35?/m0/s1. The minimum Gasteiger partial charge on any atom is -0.394 e. The van der Waals surface area contributed by atoms with E-state index >= 15 is 0 Å². The van der Waals surface area contributed by atoms with Crippen LogP contribution < -0.4 is 0 Å². The number of aliphatic hydroxyl groups is 1. The van der Waals surface area contributed by atoms with Crippen molar-refractivity contribution in [2.24, 2.45) is 17.8 Å². The fraction of sp³-hybridized carbons (Fsp3) is 0.457. The van der Waals surface area contributed by atoms with E-state index in [1.807, 2.05) is 74.5 Å². The van der Waals surface area contributed by atoms with Crippen LogP contribution in [-0.2, 0) is 27.5 Å². The molecule has 3 saturated heterocycles. The van der Waals surface area contributed by atoms with Crippen molar-refractivity contribution >= 4 is 45.4 Å². The van der Waals surface area contributed by atoms with Gasteiger partial charge in [0.05, 0.1) is 29.2 Å². The molecule has 3 aliphatic rings. The molecule has 44 heavy (non-hydrogen) atoms. The number of likely N-dealkylation sites (tertiary alicyclic amines) is 1. The number of aliphatic hydroxyl groups excluding tert-OH is 1. The average Bonchev–Trinajstić information content (AvgIpc) is 3.61. The fourth-order valence-electron chi connectivity index (χ4n) is 7.37. The van der Waals surface area contributed by atoms with Crippen LogP contribution in [0.4, 0.5) is 0 Å². The molecule has 1 spiro atoms. The van der Waals surface area contributed by atoms with Crippen LogP contribution in [0.25, 0.3) is 0 Å². The Morgan fingerprint density at radius 1 is 1.00 bits per heavy atom. The van der Waals surface area contributed by atoms with Gasteiger partial charge in [-0.15, -0.1) is 24.9 Å². The van der Waals surface area contributed by atoms with Gasteiger partial charge in [-0.3, -0.25) is 14.4 Å². The molecule has 3 amide bonds. The maximum Gasteiger partial charge on any atom is 0.247 e. The summed E-state index contributed by atoms with van der Waals surface area (Å²) in [6, 6.07) is 18.2. The lowest BCUT2D eigenvalue weighted by molar-refractivity contribution is -0.148. The van der Waals surface area contributed by atoms with Crippen LogP contribution in [0.5, 0.6) is 0 Å². The number of amides is 3. The van der Waals surface area contributed by atoms with E-state index in [0.717, 1.165) is 11.1 Å². The summed E-state index contributed by atoms with van der Waals surface area (Å²) in [5.74, 6) is -1.85. The first-order valence-electron chi connectivity index (χ1n) is 15.3. The van der Waals surface area contributed by atoms with Gasteiger partial charge in [-0.25, -0.2) is 0 Å². The van der Waals surface area contributed by atoms with E-state index in [4.69, 9.17) is 0 Å². The Labute approximate surface area is 273 Å². The summed E-state index contributed by atoms with van der Waals surface area (Å²) < 4.78 is -0.807. The van der Waals surface area contributed by atoms with Crippen LogP contribution in [0.3, 0.4) is 0 Å². The second-order valence-corrected chi connectivity index (χ2v) is 15.1. The summed E-state index contributed by atoms with van der Waals surface area (Å²) in [5.41, 5.74) is 1.98. The first-order valence-corrected chi connectivity index (χ1v) is 17.1. The van der Waals surface area contributed by atoms with Gasteiger partial charge < -0.3 is 19.8 Å². The second kappa shape index (κ2) is 13.6. The largest absolute Gasteiger partial charge is 0.394 e. The Balaban J connectivity index is 1.56. The third-order valence-electron chi connectivity index (χ3n) is 9.31. The molecule has 2 aromatic rings. The van der Waals surface area contributed by atoms with Gasteiger partial charge in [-0.05, 0) is 23.5 Å². The number of alkyl halides is 1. The van der Waals surface area contributed by atoms with Gasteiger partial charge in [0.1, 0.15) is 6.04 Å². The number of halogens is 1. The van der Waals surface area contributed by atoms with Crippen molar-refractivity contribution in [2.45, 2.75) is 60.3 Å². The molecule has 3 aliphatic heterocycles. The molecule has 0 aromatic heterocycles. The Morgan fingerprint density at radius 3 is 2.00 bits per heavy atom. The van der Waals surface area contributed by atoms with Crippen LogP contribution in [0.2, 0.25) is 0 Å². The molecule has 0 saturated carbocycles. The van der Waals surface area contributed by atoms with Crippen molar-refractivity contribution < 1.29 is 19.5 Å². The minimum absolute atomic E-state index is 0.0448. The summed E-state index contributed by atoms with van der Waals surface area (Å²) in [4.78, 5) is 49.1. The zero-order valence-electron chi connectivity index (χ0n) is 25.4. The number of hydrogen-bond acceptors (Lipinski definition) is 5. The van der Waals surface area contributed by atoms with Gasteiger partial charge in [-0.2, -0.15) is 0 Å². The van der Waals surface area contributed by atoms with E-state index in [2.05, 4.69) is 29.1 Å². The molecule has 5 rings (SSSR count). The average molecular weight is 681 g/mol. The molecular formula is C35H42BrN3O4S. The fourth-order valence-corrected chi connectivity index (χ4v) is 11.0. The predicted molar refractivity (Wildman–Crippen MR) is 179 cm³/mol. The lowest BCUT2D eigenvalue weighted by Gasteiger charge is -2.41. The van der Waals surface area contributed by atoms with Crippen LogP contribution in [-0.4, -0.2) is 84.1 Å². The lowest BCUT2D eigenvalue weighted by Crippen LogP contribution is -2.58. The van der Waals surface area contributed by atoms with E-state index in [1.165, 1.54) is 0 Å². The number of nitrogens with zero attached hydrogens (tertiary/aromatic N) is 3. The molecule has 0 radical (unpaired) electrons. The second-order valence-electron chi connectivity index (χ2n) is 12.4. The lowest BCUT2D eigenvalue weighted by atomic mass is 9.70. The van der Waals surface area contributed by atoms with Crippen molar-refractivity contribution in [1.29, 1.82) is 0 Å². The van der Waals surface area contributed by atoms with Gasteiger partial charge in [0, 0.05) is 36.3 Å². The highest BCUT2D eigenvalue weighted by Gasteiger charge is 2.76. The number of carbonyl (C=O) groups is 3. The van der Waals surface area contributed by atoms with Gasteiger partial charge in [0.2, 0.25) is 17.7 Å². The summed E-state index contributed by atoms with van der Waals surface area (Å²) >= 11 is 5.50. The molecule has 2 aromatic carbocycles. The Hall–Kier alpha value is -2.88. The molecule has 7 nitrogen and oxygen atoms in total. The summed E-state index contributed by atoms with van der Waals surface area (Å²) in [7, 11) is 0. The maximum atomic E-state index is 14.8. The summed E-state index contributed by atoms with van der Waals surface area (Å²) in [6.07, 6.45) is 4.01. The number of hydrogen-bond donors (Lipinski definition) is 1. The Kier molecular flexibility index (Phi) is 10.1. The third kappa shape index (κ3) is 5.79. The SMILES string of the molecule is C=CCN(Cc1ccccc1)C(=O)C1N([C@@H](CO)C(C)C)C(=O)[C@@H]2[C@@H](C(=O)N(CC=C)Cc3ccccc3)[C@@H]3SC12CC3Br. The molecule has 3 heterocycles. The minimum atomic E-state index is -0.821. The zero-order chi connectivity index (χ0) is 31.6. The molecule has 0 aliphatic carbocycles. The number of thioether (sulfide) groups is 1. The Morgan fingerprint density at radius 2 is 1.52 bits per heavy atom. The topological polar surface area (TPSA) is 81.2 Å². The third-order valence-corrected chi connectivity index (χ3v) is 12.5. The van der Waals surface area contributed by atoms with Crippen LogP contribution in [0.1, 0.15) is 31.4 Å². The van der Waals surface area contributed by atoms with Crippen molar-refractivity contribution in [1.82, 2.24) is 14.7 Å². The van der Waals surface area contributed by atoms with Crippen molar-refractivity contribution in [3.8, 4) is 0 Å². The Bertz CT molecular complexity index is 1370. The normalized spacial score (nSPS) is 27.7. The summed E-state index contributed by atoms with van der Waals surface area (Å²) in [5, 5.41) is 10.4. The highest BCUT2D eigenvalue weighted by molar-refractivity contribution is 9.09. The molecule has 234 valence electrons. The zero-order valence-corrected chi connectivity index (χ0v) is 27.8. The van der Waals surface area contributed by atoms with Crippen molar-refractivity contribution in [3.05, 3.63) is 97.1 Å². The quantitative estimate of drug-likeness (QED) is 0.241. The molecule has 9 heteroatoms. The first kappa shape index (κ1) is 32.5. The van der Waals surface area contributed by atoms with Gasteiger partial charge in [-0.1, -0.05) is 103 Å². The van der Waals surface area contributed by atoms with Crippen LogP contribution in [0.15, 0.2) is 86.0 Å². The van der Waals surface area contributed by atoms with Gasteiger partial charge in [0.25, 0.3) is 0 Å². The smallest absolute Gasteiger partial charge is 0.247 e. The highest BCUT2D eigenvalue weighted by atomic mass is 79.9. The van der Waals surface area contributed by atoms with E-state index in [9.17, 15) is 19.5 Å². The van der Waals surface area contributed by atoms with Gasteiger partial charge >= 0.3 is 0 Å². The first-order chi connectivity index (χ1) is 21.2. The molecule has 3 unspecified atom stereocenters. The number of carbonyl (C=O) groups excluding carboxylic acids is 3. The maximum absolute atomic E-state index is 14.8. The van der Waals surface area contributed by atoms with Crippen molar-refractivity contribution in [3.63, 3.8) is 0 Å². The van der Waals surface area contributed by atoms with E-state index in [1.54, 1.807) is 38.6 Å². The number of benzene rings is 2. The highest BCUT2D eigenvalue weighted by Crippen LogP contribution is 2.68. The van der Waals surface area contributed by atoms with E-state index in [0.29, 0.717) is 32.6 Å². The molecule has 2 bridgehead atoms. The molecular weight excluding hydrogens is 638 g/mol. The predicted octanol–water partition coefficient (Wildman–Crippen LogP) is 4.90. The van der Waals surface area contributed by atoms with E-state index in [-0.39, 0.29) is 40.3 Å². The van der Waals surface area contributed by atoms with Crippen LogP contribution >= 0.6 is 27.7 Å². The van der Waals surface area contributed by atoms with Crippen LogP contribution in [0, 0.1) is 17.8 Å². The molecule has 1 N–H and O–H groups in total. The number of rotatable bonds is 13. The monoisotopic (exact) mass is 679 g/mol. The van der Waals surface area contributed by atoms with E-state index < -0.39 is 28.7 Å². The number of fused-ring (bicyclic) bond motifs is 1.